The van der Waals surface area contributed by atoms with E-state index < -0.39 is 15.4 Å². The van der Waals surface area contributed by atoms with Crippen LogP contribution in [0.15, 0.2) is 48.8 Å². The largest absolute Gasteiger partial charge is 0.353 e. The topological polar surface area (TPSA) is 93.1 Å². The molecular weight excluding hydrogens is 388 g/mol. The highest BCUT2D eigenvalue weighted by Gasteiger charge is 2.41. The zero-order valence-electron chi connectivity index (χ0n) is 15.0. The minimum absolute atomic E-state index is 0. The number of carbonyl (C=O) groups is 1. The first-order valence-electron chi connectivity index (χ1n) is 8.75. The minimum atomic E-state index is -3.28. The third-order valence-corrected chi connectivity index (χ3v) is 6.32. The summed E-state index contributed by atoms with van der Waals surface area (Å²) < 4.78 is 26.3. The molecule has 1 amide bonds. The molecule has 0 saturated carbocycles. The Kier molecular flexibility index (Phi) is 7.41. The Morgan fingerprint density at radius 3 is 2.52 bits per heavy atom. The average Bonchev–Trinajstić information content (AvgIpc) is 3.17. The Hall–Kier alpha value is -1.90. The Bertz CT molecular complexity index is 820. The van der Waals surface area contributed by atoms with Crippen LogP contribution in [0.5, 0.6) is 0 Å². The van der Waals surface area contributed by atoms with Crippen molar-refractivity contribution >= 4 is 28.2 Å². The van der Waals surface area contributed by atoms with Crippen LogP contribution in [-0.2, 0) is 25.9 Å². The zero-order chi connectivity index (χ0) is 18.5. The van der Waals surface area contributed by atoms with Crippen LogP contribution in [0.1, 0.15) is 18.4 Å². The van der Waals surface area contributed by atoms with E-state index in [4.69, 9.17) is 0 Å². The molecule has 148 valence electrons. The van der Waals surface area contributed by atoms with Crippen LogP contribution in [0.2, 0.25) is 0 Å². The van der Waals surface area contributed by atoms with Gasteiger partial charge in [-0.25, -0.2) is 8.42 Å². The Morgan fingerprint density at radius 1 is 1.19 bits per heavy atom. The second kappa shape index (κ2) is 9.34. The predicted molar refractivity (Wildman–Crippen MR) is 106 cm³/mol. The number of sulfone groups is 1. The van der Waals surface area contributed by atoms with Gasteiger partial charge in [-0.15, -0.1) is 12.4 Å². The summed E-state index contributed by atoms with van der Waals surface area (Å²) in [4.78, 5) is 12.9. The van der Waals surface area contributed by atoms with Gasteiger partial charge in [-0.3, -0.25) is 9.48 Å². The van der Waals surface area contributed by atoms with E-state index in [-0.39, 0.29) is 36.4 Å². The molecule has 1 aromatic carbocycles. The van der Waals surface area contributed by atoms with E-state index in [0.29, 0.717) is 12.8 Å². The fraction of sp³-hybridized carbons (Fsp3) is 0.444. The van der Waals surface area contributed by atoms with E-state index in [0.717, 1.165) is 18.7 Å². The van der Waals surface area contributed by atoms with Crippen molar-refractivity contribution in [2.75, 3.05) is 25.4 Å². The second-order valence-electron chi connectivity index (χ2n) is 6.57. The van der Waals surface area contributed by atoms with Gasteiger partial charge < -0.3 is 10.6 Å². The van der Waals surface area contributed by atoms with Gasteiger partial charge in [0, 0.05) is 18.9 Å². The van der Waals surface area contributed by atoms with Crippen LogP contribution >= 0.6 is 12.4 Å². The van der Waals surface area contributed by atoms with Crippen molar-refractivity contribution in [3.8, 4) is 0 Å². The summed E-state index contributed by atoms with van der Waals surface area (Å²) in [6.45, 7) is 1.55. The molecule has 0 atom stereocenters. The van der Waals surface area contributed by atoms with E-state index in [9.17, 15) is 13.2 Å². The van der Waals surface area contributed by atoms with Gasteiger partial charge in [0.15, 0.2) is 9.84 Å². The van der Waals surface area contributed by atoms with Gasteiger partial charge >= 0.3 is 0 Å². The molecule has 1 aliphatic heterocycles. The Labute approximate surface area is 165 Å². The summed E-state index contributed by atoms with van der Waals surface area (Å²) in [6.07, 6.45) is 4.69. The molecule has 1 fully saturated rings. The highest BCUT2D eigenvalue weighted by atomic mass is 35.5. The maximum atomic E-state index is 12.9. The highest BCUT2D eigenvalue weighted by molar-refractivity contribution is 7.90. The Balaban J connectivity index is 0.00000261. The summed E-state index contributed by atoms with van der Waals surface area (Å²) >= 11 is 0. The lowest BCUT2D eigenvalue weighted by Crippen LogP contribution is -2.55. The molecule has 2 N–H and O–H groups in total. The molecular formula is C18H25ClN4O3S. The van der Waals surface area contributed by atoms with Crippen LogP contribution < -0.4 is 10.6 Å². The number of carbonyl (C=O) groups excluding carboxylic acids is 1. The van der Waals surface area contributed by atoms with Crippen molar-refractivity contribution in [3.63, 3.8) is 0 Å². The lowest BCUT2D eigenvalue weighted by atomic mass is 9.87. The highest BCUT2D eigenvalue weighted by Crippen LogP contribution is 2.27. The molecule has 0 radical (unpaired) electrons. The smallest absolute Gasteiger partial charge is 0.248 e. The molecule has 7 nitrogen and oxygen atoms in total. The van der Waals surface area contributed by atoms with E-state index >= 15 is 0 Å². The summed E-state index contributed by atoms with van der Waals surface area (Å²) in [5.41, 5.74) is 0.00277. The average molecular weight is 413 g/mol. The molecule has 27 heavy (non-hydrogen) atoms. The van der Waals surface area contributed by atoms with Gasteiger partial charge in [-0.1, -0.05) is 30.3 Å². The van der Waals surface area contributed by atoms with E-state index in [2.05, 4.69) is 15.7 Å². The molecule has 2 aromatic rings. The number of nitrogens with zero attached hydrogens (tertiary/aromatic N) is 2. The number of hydrogen-bond donors (Lipinski definition) is 2. The van der Waals surface area contributed by atoms with Crippen LogP contribution in [0.3, 0.4) is 0 Å². The molecule has 1 aromatic heterocycles. The maximum Gasteiger partial charge on any atom is 0.248 e. The molecule has 0 aliphatic carbocycles. The molecule has 1 aliphatic rings. The third-order valence-electron chi connectivity index (χ3n) is 4.72. The number of piperidine rings is 1. The van der Waals surface area contributed by atoms with E-state index in [1.807, 2.05) is 18.2 Å². The first-order chi connectivity index (χ1) is 12.5. The van der Waals surface area contributed by atoms with Gasteiger partial charge in [0.25, 0.3) is 0 Å². The maximum absolute atomic E-state index is 12.9. The molecule has 0 bridgehead atoms. The van der Waals surface area contributed by atoms with Gasteiger partial charge in [0.2, 0.25) is 5.91 Å². The van der Waals surface area contributed by atoms with Crippen molar-refractivity contribution in [3.05, 3.63) is 54.4 Å². The summed E-state index contributed by atoms with van der Waals surface area (Å²) in [7, 11) is -3.28. The van der Waals surface area contributed by atoms with Crippen molar-refractivity contribution in [2.24, 2.45) is 0 Å². The van der Waals surface area contributed by atoms with Gasteiger partial charge in [-0.05, 0) is 37.6 Å². The lowest BCUT2D eigenvalue weighted by Gasteiger charge is -2.36. The minimum Gasteiger partial charge on any atom is -0.353 e. The van der Waals surface area contributed by atoms with E-state index in [1.165, 1.54) is 0 Å². The number of nitrogens with one attached hydrogen (secondary N) is 2. The standard InChI is InChI=1S/C18H24N4O3S.ClH/c23-17(18(7-10-19-11-8-18)22-13-4-9-21-22)20-12-14-26(24,25)15-16-5-2-1-3-6-16;/h1-6,9,13,19H,7-8,10-12,14-15H2,(H,20,23);1H. The van der Waals surface area contributed by atoms with E-state index in [1.54, 1.807) is 35.3 Å². The molecule has 0 spiro atoms. The lowest BCUT2D eigenvalue weighted by molar-refractivity contribution is -0.131. The van der Waals surface area contributed by atoms with Crippen molar-refractivity contribution < 1.29 is 13.2 Å². The van der Waals surface area contributed by atoms with Crippen LogP contribution in [0.4, 0.5) is 0 Å². The van der Waals surface area contributed by atoms with Crippen molar-refractivity contribution in [1.29, 1.82) is 0 Å². The van der Waals surface area contributed by atoms with Crippen molar-refractivity contribution in [2.45, 2.75) is 24.1 Å². The van der Waals surface area contributed by atoms with Crippen LogP contribution in [-0.4, -0.2) is 49.5 Å². The number of rotatable bonds is 7. The van der Waals surface area contributed by atoms with Gasteiger partial charge in [-0.2, -0.15) is 5.10 Å². The predicted octanol–water partition coefficient (Wildman–Crippen LogP) is 1.11. The molecule has 1 saturated heterocycles. The summed E-state index contributed by atoms with van der Waals surface area (Å²) in [5, 5.41) is 10.3. The number of hydrogen-bond acceptors (Lipinski definition) is 5. The van der Waals surface area contributed by atoms with Crippen LogP contribution in [0.25, 0.3) is 0 Å². The quantitative estimate of drug-likeness (QED) is 0.710. The number of halogens is 1. The first-order valence-corrected chi connectivity index (χ1v) is 10.6. The van der Waals surface area contributed by atoms with Gasteiger partial charge in [0.1, 0.15) is 5.54 Å². The summed E-state index contributed by atoms with van der Waals surface area (Å²) in [6, 6.07) is 10.9. The fourth-order valence-electron chi connectivity index (χ4n) is 3.31. The fourth-order valence-corrected chi connectivity index (χ4v) is 4.57. The monoisotopic (exact) mass is 412 g/mol. The molecule has 0 unspecified atom stereocenters. The zero-order valence-corrected chi connectivity index (χ0v) is 16.6. The molecule has 3 rings (SSSR count). The molecule has 2 heterocycles. The SMILES string of the molecule is Cl.O=C(NCCS(=O)(=O)Cc1ccccc1)C1(n2cccn2)CCNCC1. The Morgan fingerprint density at radius 2 is 1.89 bits per heavy atom. The second-order valence-corrected chi connectivity index (χ2v) is 8.75. The molecule has 9 heteroatoms. The number of aromatic nitrogens is 2. The first kappa shape index (κ1) is 21.4. The van der Waals surface area contributed by atoms with Crippen LogP contribution in [0, 0.1) is 0 Å². The van der Waals surface area contributed by atoms with Crippen molar-refractivity contribution in [1.82, 2.24) is 20.4 Å². The third kappa shape index (κ3) is 5.31. The number of benzene rings is 1. The number of amides is 1. The normalized spacial score (nSPS) is 16.3. The summed E-state index contributed by atoms with van der Waals surface area (Å²) in [5.74, 6) is -0.267. The van der Waals surface area contributed by atoms with Gasteiger partial charge in [0.05, 0.1) is 11.5 Å².